The van der Waals surface area contributed by atoms with Gasteiger partial charge >= 0.3 is 0 Å². The summed E-state index contributed by atoms with van der Waals surface area (Å²) >= 11 is 5.53. The molecule has 0 radical (unpaired) electrons. The Morgan fingerprint density at radius 3 is 2.79 bits per heavy atom. The second kappa shape index (κ2) is 3.70. The third-order valence-corrected chi connectivity index (χ3v) is 2.70. The van der Waals surface area contributed by atoms with Gasteiger partial charge < -0.3 is 0 Å². The number of halogens is 2. The molecule has 1 aromatic carbocycles. The van der Waals surface area contributed by atoms with Crippen LogP contribution in [0.1, 0.15) is 18.4 Å². The fourth-order valence-electron chi connectivity index (χ4n) is 1.40. The van der Waals surface area contributed by atoms with Crippen molar-refractivity contribution in [2.45, 2.75) is 19.3 Å². The Balaban J connectivity index is 2.08. The zero-order valence-corrected chi connectivity index (χ0v) is 8.35. The first-order valence-corrected chi connectivity index (χ1v) is 5.01. The normalized spacial score (nSPS) is 15.6. The lowest BCUT2D eigenvalue weighted by Gasteiger charge is -2.00. The first-order valence-electron chi connectivity index (χ1n) is 4.63. The number of rotatable bonds is 3. The molecule has 1 nitrogen and oxygen atoms in total. The lowest BCUT2D eigenvalue weighted by molar-refractivity contribution is -0.119. The quantitative estimate of drug-likeness (QED) is 0.753. The highest BCUT2D eigenvalue weighted by molar-refractivity contribution is 6.30. The van der Waals surface area contributed by atoms with Gasteiger partial charge in [-0.2, -0.15) is 0 Å². The topological polar surface area (TPSA) is 17.1 Å². The Kier molecular flexibility index (Phi) is 2.55. The standard InChI is InChI=1S/C11H10ClFO/c12-9-4-1-7(5-10(9)13)6-11(14)8-2-3-8/h1,4-5,8H,2-3,6H2. The van der Waals surface area contributed by atoms with Gasteiger partial charge in [-0.1, -0.05) is 17.7 Å². The first-order chi connectivity index (χ1) is 6.66. The predicted molar refractivity (Wildman–Crippen MR) is 52.8 cm³/mol. The average molecular weight is 213 g/mol. The SMILES string of the molecule is O=C(Cc1ccc(Cl)c(F)c1)C1CC1. The molecule has 0 amide bonds. The van der Waals surface area contributed by atoms with E-state index in [1.54, 1.807) is 6.07 Å². The Morgan fingerprint density at radius 2 is 2.21 bits per heavy atom. The molecule has 2 rings (SSSR count). The molecule has 0 N–H and O–H groups in total. The van der Waals surface area contributed by atoms with Crippen LogP contribution in [0.2, 0.25) is 5.02 Å². The van der Waals surface area contributed by atoms with E-state index in [-0.39, 0.29) is 16.7 Å². The zero-order valence-electron chi connectivity index (χ0n) is 7.59. The molecule has 0 spiro atoms. The fourth-order valence-corrected chi connectivity index (χ4v) is 1.52. The molecule has 1 saturated carbocycles. The highest BCUT2D eigenvalue weighted by atomic mass is 35.5. The Hall–Kier alpha value is -0.890. The van der Waals surface area contributed by atoms with Crippen LogP contribution in [0.4, 0.5) is 4.39 Å². The lowest BCUT2D eigenvalue weighted by Crippen LogP contribution is -2.04. The van der Waals surface area contributed by atoms with Crippen LogP contribution in [0.5, 0.6) is 0 Å². The number of hydrogen-bond acceptors (Lipinski definition) is 1. The summed E-state index contributed by atoms with van der Waals surface area (Å²) in [5.74, 6) is -0.00627. The van der Waals surface area contributed by atoms with Gasteiger partial charge in [0.2, 0.25) is 0 Å². The van der Waals surface area contributed by atoms with Gasteiger partial charge in [0, 0.05) is 12.3 Å². The van der Waals surface area contributed by atoms with E-state index >= 15 is 0 Å². The maximum atomic E-state index is 13.0. The second-order valence-corrected chi connectivity index (χ2v) is 4.07. The third-order valence-electron chi connectivity index (χ3n) is 2.40. The second-order valence-electron chi connectivity index (χ2n) is 3.67. The van der Waals surface area contributed by atoms with Crippen LogP contribution in [-0.2, 0) is 11.2 Å². The number of benzene rings is 1. The minimum atomic E-state index is -0.451. The van der Waals surface area contributed by atoms with Gasteiger partial charge in [-0.3, -0.25) is 4.79 Å². The van der Waals surface area contributed by atoms with Gasteiger partial charge in [0.1, 0.15) is 11.6 Å². The maximum Gasteiger partial charge on any atom is 0.142 e. The molecule has 74 valence electrons. The molecule has 0 aliphatic heterocycles. The van der Waals surface area contributed by atoms with Gasteiger partial charge in [0.25, 0.3) is 0 Å². The molecule has 0 aromatic heterocycles. The molecule has 1 aliphatic rings. The van der Waals surface area contributed by atoms with Gasteiger partial charge in [0.05, 0.1) is 5.02 Å². The van der Waals surface area contributed by atoms with Crippen LogP contribution in [0, 0.1) is 11.7 Å². The Bertz CT molecular complexity index is 372. The van der Waals surface area contributed by atoms with E-state index in [4.69, 9.17) is 11.6 Å². The number of ketones is 1. The molecular formula is C11H10ClFO. The highest BCUT2D eigenvalue weighted by Gasteiger charge is 2.29. The molecule has 0 heterocycles. The van der Waals surface area contributed by atoms with Crippen molar-refractivity contribution in [3.8, 4) is 0 Å². The fraction of sp³-hybridized carbons (Fsp3) is 0.364. The van der Waals surface area contributed by atoms with E-state index in [1.165, 1.54) is 12.1 Å². The summed E-state index contributed by atoms with van der Waals surface area (Å²) in [6.07, 6.45) is 2.32. The van der Waals surface area contributed by atoms with Crippen molar-refractivity contribution >= 4 is 17.4 Å². The molecule has 14 heavy (non-hydrogen) atoms. The van der Waals surface area contributed by atoms with Gasteiger partial charge in [0.15, 0.2) is 0 Å². The molecule has 0 bridgehead atoms. The highest BCUT2D eigenvalue weighted by Crippen LogP contribution is 2.31. The third kappa shape index (κ3) is 2.13. The number of hydrogen-bond donors (Lipinski definition) is 0. The van der Waals surface area contributed by atoms with E-state index in [9.17, 15) is 9.18 Å². The monoisotopic (exact) mass is 212 g/mol. The van der Waals surface area contributed by atoms with Gasteiger partial charge in [-0.05, 0) is 30.5 Å². The van der Waals surface area contributed by atoms with Crippen LogP contribution in [-0.4, -0.2) is 5.78 Å². The van der Waals surface area contributed by atoms with Crippen LogP contribution in [0.25, 0.3) is 0 Å². The van der Waals surface area contributed by atoms with Gasteiger partial charge in [-0.15, -0.1) is 0 Å². The average Bonchev–Trinajstić information content (AvgIpc) is 2.94. The number of carbonyl (C=O) groups excluding carboxylic acids is 1. The first kappa shape index (κ1) is 9.66. The Morgan fingerprint density at radius 1 is 1.50 bits per heavy atom. The van der Waals surface area contributed by atoms with Crippen molar-refractivity contribution in [2.75, 3.05) is 0 Å². The van der Waals surface area contributed by atoms with Crippen molar-refractivity contribution in [3.63, 3.8) is 0 Å². The molecule has 3 heteroatoms. The number of carbonyl (C=O) groups is 1. The van der Waals surface area contributed by atoms with Crippen molar-refractivity contribution in [1.82, 2.24) is 0 Å². The van der Waals surface area contributed by atoms with Gasteiger partial charge in [-0.25, -0.2) is 4.39 Å². The molecule has 1 fully saturated rings. The van der Waals surface area contributed by atoms with Crippen molar-refractivity contribution in [3.05, 3.63) is 34.6 Å². The minimum absolute atomic E-state index is 0.104. The minimum Gasteiger partial charge on any atom is -0.299 e. The van der Waals surface area contributed by atoms with Crippen LogP contribution in [0.3, 0.4) is 0 Å². The van der Waals surface area contributed by atoms with E-state index in [0.717, 1.165) is 12.8 Å². The molecule has 1 aliphatic carbocycles. The van der Waals surface area contributed by atoms with Crippen molar-refractivity contribution < 1.29 is 9.18 Å². The molecule has 0 unspecified atom stereocenters. The molecular weight excluding hydrogens is 203 g/mol. The summed E-state index contributed by atoms with van der Waals surface area (Å²) in [4.78, 5) is 11.4. The summed E-state index contributed by atoms with van der Waals surface area (Å²) in [5.41, 5.74) is 0.712. The van der Waals surface area contributed by atoms with Crippen molar-refractivity contribution in [2.24, 2.45) is 5.92 Å². The zero-order chi connectivity index (χ0) is 10.1. The lowest BCUT2D eigenvalue weighted by atomic mass is 10.1. The van der Waals surface area contributed by atoms with E-state index in [0.29, 0.717) is 12.0 Å². The van der Waals surface area contributed by atoms with E-state index < -0.39 is 5.82 Å². The van der Waals surface area contributed by atoms with E-state index in [1.807, 2.05) is 0 Å². The smallest absolute Gasteiger partial charge is 0.142 e. The summed E-state index contributed by atoms with van der Waals surface area (Å²) < 4.78 is 13.0. The van der Waals surface area contributed by atoms with Crippen LogP contribution < -0.4 is 0 Å². The Labute approximate surface area is 86.9 Å². The van der Waals surface area contributed by atoms with E-state index in [2.05, 4.69) is 0 Å². The predicted octanol–water partition coefficient (Wildman–Crippen LogP) is 3.00. The summed E-state index contributed by atoms with van der Waals surface area (Å²) in [5, 5.41) is 0.104. The largest absolute Gasteiger partial charge is 0.299 e. The molecule has 0 atom stereocenters. The maximum absolute atomic E-state index is 13.0. The number of Topliss-reactive ketones (excluding diaryl/α,β-unsaturated/α-hetero) is 1. The summed E-state index contributed by atoms with van der Waals surface area (Å²) in [6.45, 7) is 0. The van der Waals surface area contributed by atoms with Crippen LogP contribution >= 0.6 is 11.6 Å². The summed E-state index contributed by atoms with van der Waals surface area (Å²) in [7, 11) is 0. The summed E-state index contributed by atoms with van der Waals surface area (Å²) in [6, 6.07) is 4.53. The molecule has 1 aromatic rings. The van der Waals surface area contributed by atoms with Crippen molar-refractivity contribution in [1.29, 1.82) is 0 Å². The van der Waals surface area contributed by atoms with Crippen LogP contribution in [0.15, 0.2) is 18.2 Å². The molecule has 0 saturated heterocycles.